The largest absolute Gasteiger partial charge is 0.497 e. The third-order valence-electron chi connectivity index (χ3n) is 5.82. The highest BCUT2D eigenvalue weighted by molar-refractivity contribution is 8.00. The third kappa shape index (κ3) is 5.56. The normalized spacial score (nSPS) is 15.9. The Morgan fingerprint density at radius 1 is 1.24 bits per heavy atom. The average molecular weight is 416 g/mol. The molecule has 3 rings (SSSR count). The molecule has 1 aromatic heterocycles. The lowest BCUT2D eigenvalue weighted by Crippen LogP contribution is -2.32. The predicted molar refractivity (Wildman–Crippen MR) is 119 cm³/mol. The first-order chi connectivity index (χ1) is 14.0. The molecule has 0 aliphatic heterocycles. The van der Waals surface area contributed by atoms with Crippen LogP contribution in [0, 0.1) is 13.8 Å². The summed E-state index contributed by atoms with van der Waals surface area (Å²) in [6, 6.07) is 8.50. The van der Waals surface area contributed by atoms with E-state index < -0.39 is 0 Å². The van der Waals surface area contributed by atoms with Gasteiger partial charge < -0.3 is 14.6 Å². The Hall–Kier alpha value is -1.95. The zero-order valence-electron chi connectivity index (χ0n) is 18.0. The van der Waals surface area contributed by atoms with Crippen molar-refractivity contribution in [3.63, 3.8) is 0 Å². The van der Waals surface area contributed by atoms with Crippen molar-refractivity contribution in [3.8, 4) is 5.75 Å². The van der Waals surface area contributed by atoms with Crippen LogP contribution in [0.3, 0.4) is 0 Å². The molecule has 1 saturated carbocycles. The molecule has 29 heavy (non-hydrogen) atoms. The van der Waals surface area contributed by atoms with Gasteiger partial charge in [0.1, 0.15) is 5.75 Å². The lowest BCUT2D eigenvalue weighted by molar-refractivity contribution is -0.120. The molecule has 1 aromatic carbocycles. The van der Waals surface area contributed by atoms with Gasteiger partial charge in [-0.2, -0.15) is 0 Å². The van der Waals surface area contributed by atoms with E-state index in [0.29, 0.717) is 12.6 Å². The number of methoxy groups -OCH3 is 1. The number of nitrogens with one attached hydrogen (secondary N) is 1. The molecule has 2 aromatic rings. The van der Waals surface area contributed by atoms with Crippen LogP contribution >= 0.6 is 11.8 Å². The second-order valence-electron chi connectivity index (χ2n) is 7.88. The molecule has 1 aliphatic rings. The lowest BCUT2D eigenvalue weighted by atomic mass is 9.95. The molecule has 0 spiro atoms. The topological polar surface area (TPSA) is 56.1 Å². The van der Waals surface area contributed by atoms with Gasteiger partial charge in [0.25, 0.3) is 0 Å². The van der Waals surface area contributed by atoms with Crippen molar-refractivity contribution in [3.05, 3.63) is 41.2 Å². The maximum Gasteiger partial charge on any atom is 0.233 e. The number of aryl methyl sites for hydroxylation is 1. The van der Waals surface area contributed by atoms with Gasteiger partial charge in [0.15, 0.2) is 5.16 Å². The summed E-state index contributed by atoms with van der Waals surface area (Å²) >= 11 is 1.58. The number of ether oxygens (including phenoxy) is 1. The number of hydrogen-bond acceptors (Lipinski definition) is 4. The van der Waals surface area contributed by atoms with Gasteiger partial charge in [-0.3, -0.25) is 4.79 Å². The molecule has 1 heterocycles. The van der Waals surface area contributed by atoms with E-state index >= 15 is 0 Å². The summed E-state index contributed by atoms with van der Waals surface area (Å²) in [4.78, 5) is 17.4. The van der Waals surface area contributed by atoms with Gasteiger partial charge in [0.2, 0.25) is 5.91 Å². The third-order valence-corrected chi connectivity index (χ3v) is 6.88. The number of amides is 1. The monoisotopic (exact) mass is 415 g/mol. The summed E-state index contributed by atoms with van der Waals surface area (Å²) in [5, 5.41) is 3.89. The number of aromatic nitrogens is 2. The van der Waals surface area contributed by atoms with E-state index in [1.54, 1.807) is 18.9 Å². The van der Waals surface area contributed by atoms with Crippen LogP contribution in [0.4, 0.5) is 0 Å². The van der Waals surface area contributed by atoms with Crippen LogP contribution in [0.5, 0.6) is 5.75 Å². The van der Waals surface area contributed by atoms with Crippen LogP contribution in [-0.2, 0) is 11.2 Å². The summed E-state index contributed by atoms with van der Waals surface area (Å²) in [6.45, 7) is 6.82. The molecule has 1 unspecified atom stereocenters. The van der Waals surface area contributed by atoms with Gasteiger partial charge in [-0.15, -0.1) is 0 Å². The minimum absolute atomic E-state index is 0.0667. The maximum atomic E-state index is 12.6. The van der Waals surface area contributed by atoms with Crippen molar-refractivity contribution in [1.82, 2.24) is 14.9 Å². The molecular weight excluding hydrogens is 382 g/mol. The van der Waals surface area contributed by atoms with Crippen molar-refractivity contribution < 1.29 is 9.53 Å². The van der Waals surface area contributed by atoms with Crippen LogP contribution in [0.1, 0.15) is 62.0 Å². The lowest BCUT2D eigenvalue weighted by Gasteiger charge is -2.26. The van der Waals surface area contributed by atoms with Gasteiger partial charge in [-0.25, -0.2) is 4.98 Å². The second-order valence-corrected chi connectivity index (χ2v) is 9.18. The van der Waals surface area contributed by atoms with Crippen molar-refractivity contribution in [2.45, 2.75) is 75.7 Å². The Labute approximate surface area is 178 Å². The number of imidazole rings is 1. The average Bonchev–Trinajstić information content (AvgIpc) is 3.02. The van der Waals surface area contributed by atoms with Crippen molar-refractivity contribution in [2.24, 2.45) is 0 Å². The van der Waals surface area contributed by atoms with E-state index in [4.69, 9.17) is 9.72 Å². The quantitative estimate of drug-likeness (QED) is 0.626. The standard InChI is InChI=1S/C23H33N3O2S/c1-16-17(2)26(20-8-6-5-7-9-20)23(25-16)29-18(3)22(27)24-15-14-19-10-12-21(28-4)13-11-19/h10-13,18,20H,5-9,14-15H2,1-4H3,(H,24,27). The number of thioether (sulfide) groups is 1. The molecule has 0 radical (unpaired) electrons. The Kier molecular flexibility index (Phi) is 7.64. The van der Waals surface area contributed by atoms with Gasteiger partial charge in [0, 0.05) is 18.3 Å². The Bertz CT molecular complexity index is 810. The molecule has 1 N–H and O–H groups in total. The summed E-state index contributed by atoms with van der Waals surface area (Å²) in [7, 11) is 1.66. The van der Waals surface area contributed by atoms with E-state index in [9.17, 15) is 4.79 Å². The van der Waals surface area contributed by atoms with Crippen LogP contribution in [-0.4, -0.2) is 34.4 Å². The predicted octanol–water partition coefficient (Wildman–Crippen LogP) is 4.85. The number of benzene rings is 1. The second kappa shape index (κ2) is 10.2. The molecular formula is C23H33N3O2S. The molecule has 158 valence electrons. The first-order valence-electron chi connectivity index (χ1n) is 10.6. The fourth-order valence-electron chi connectivity index (χ4n) is 3.93. The molecule has 1 aliphatic carbocycles. The van der Waals surface area contributed by atoms with Crippen molar-refractivity contribution >= 4 is 17.7 Å². The summed E-state index contributed by atoms with van der Waals surface area (Å²) in [5.74, 6) is 0.916. The van der Waals surface area contributed by atoms with E-state index in [1.165, 1.54) is 43.4 Å². The van der Waals surface area contributed by atoms with Crippen LogP contribution in [0.15, 0.2) is 29.4 Å². The zero-order chi connectivity index (χ0) is 20.8. The molecule has 0 saturated heterocycles. The highest BCUT2D eigenvalue weighted by atomic mass is 32.2. The Morgan fingerprint density at radius 2 is 1.93 bits per heavy atom. The van der Waals surface area contributed by atoms with Gasteiger partial charge in [0.05, 0.1) is 18.1 Å². The SMILES string of the molecule is COc1ccc(CCNC(=O)C(C)Sc2nc(C)c(C)n2C2CCCCC2)cc1. The van der Waals surface area contributed by atoms with E-state index in [-0.39, 0.29) is 11.2 Å². The zero-order valence-corrected chi connectivity index (χ0v) is 18.8. The van der Waals surface area contributed by atoms with Crippen molar-refractivity contribution in [2.75, 3.05) is 13.7 Å². The van der Waals surface area contributed by atoms with E-state index in [1.807, 2.05) is 31.2 Å². The minimum atomic E-state index is -0.172. The maximum absolute atomic E-state index is 12.6. The summed E-state index contributed by atoms with van der Waals surface area (Å²) < 4.78 is 7.57. The number of carbonyl (C=O) groups is 1. The van der Waals surface area contributed by atoms with Gasteiger partial charge >= 0.3 is 0 Å². The van der Waals surface area contributed by atoms with Gasteiger partial charge in [-0.05, 0) is 57.7 Å². The van der Waals surface area contributed by atoms with Crippen LogP contribution < -0.4 is 10.1 Å². The van der Waals surface area contributed by atoms with Gasteiger partial charge in [-0.1, -0.05) is 43.2 Å². The molecule has 6 heteroatoms. The first-order valence-corrected chi connectivity index (χ1v) is 11.5. The molecule has 1 atom stereocenters. The van der Waals surface area contributed by atoms with Crippen LogP contribution in [0.2, 0.25) is 0 Å². The van der Waals surface area contributed by atoms with E-state index in [0.717, 1.165) is 23.0 Å². The number of carbonyl (C=O) groups excluding carboxylic acids is 1. The molecule has 0 bridgehead atoms. The molecule has 5 nitrogen and oxygen atoms in total. The minimum Gasteiger partial charge on any atom is -0.497 e. The fourth-order valence-corrected chi connectivity index (χ4v) is 5.02. The first kappa shape index (κ1) is 21.8. The van der Waals surface area contributed by atoms with E-state index in [2.05, 4.69) is 23.7 Å². The number of nitrogens with zero attached hydrogens (tertiary/aromatic N) is 2. The Balaban J connectivity index is 1.55. The summed E-state index contributed by atoms with van der Waals surface area (Å²) in [5.41, 5.74) is 3.50. The summed E-state index contributed by atoms with van der Waals surface area (Å²) in [6.07, 6.45) is 7.14. The highest BCUT2D eigenvalue weighted by Gasteiger charge is 2.24. The number of rotatable bonds is 8. The molecule has 1 fully saturated rings. The number of hydrogen-bond donors (Lipinski definition) is 1. The smallest absolute Gasteiger partial charge is 0.233 e. The Morgan fingerprint density at radius 3 is 2.59 bits per heavy atom. The highest BCUT2D eigenvalue weighted by Crippen LogP contribution is 2.35. The molecule has 1 amide bonds. The van der Waals surface area contributed by atoms with Crippen LogP contribution in [0.25, 0.3) is 0 Å². The fraction of sp³-hybridized carbons (Fsp3) is 0.565. The van der Waals surface area contributed by atoms with Crippen molar-refractivity contribution in [1.29, 1.82) is 0 Å².